The topological polar surface area (TPSA) is 135 Å². The van der Waals surface area contributed by atoms with Crippen LogP contribution in [0.25, 0.3) is 16.6 Å². The second-order valence-electron chi connectivity index (χ2n) is 9.63. The van der Waals surface area contributed by atoms with Gasteiger partial charge in [0, 0.05) is 48.7 Å². The van der Waals surface area contributed by atoms with Crippen LogP contribution in [0.3, 0.4) is 0 Å². The van der Waals surface area contributed by atoms with Crippen LogP contribution in [0.2, 0.25) is 0 Å². The second-order valence-corrected chi connectivity index (χ2v) is 9.63. The molecule has 10 nitrogen and oxygen atoms in total. The first-order valence-corrected chi connectivity index (χ1v) is 11.8. The molecule has 1 saturated heterocycles. The maximum Gasteiger partial charge on any atom is 0.252 e. The van der Waals surface area contributed by atoms with Gasteiger partial charge in [0.25, 0.3) is 11.8 Å². The summed E-state index contributed by atoms with van der Waals surface area (Å²) in [5.41, 5.74) is 9.27. The number of aromatic nitrogens is 3. The number of ether oxygens (including phenoxy) is 1. The summed E-state index contributed by atoms with van der Waals surface area (Å²) in [7, 11) is 1.57. The Morgan fingerprint density at radius 1 is 1.26 bits per heavy atom. The Morgan fingerprint density at radius 2 is 2.06 bits per heavy atom. The van der Waals surface area contributed by atoms with E-state index in [1.807, 2.05) is 18.3 Å². The highest BCUT2D eigenvalue weighted by Crippen LogP contribution is 2.44. The Kier molecular flexibility index (Phi) is 5.84. The minimum absolute atomic E-state index is 0.110. The molecule has 35 heavy (non-hydrogen) atoms. The van der Waals surface area contributed by atoms with Crippen LogP contribution in [0.5, 0.6) is 5.88 Å². The highest BCUT2D eigenvalue weighted by atomic mass is 16.5. The van der Waals surface area contributed by atoms with E-state index in [1.54, 1.807) is 28.8 Å². The fourth-order valence-electron chi connectivity index (χ4n) is 5.63. The van der Waals surface area contributed by atoms with E-state index in [9.17, 15) is 14.7 Å². The molecule has 3 aromatic heterocycles. The zero-order valence-corrected chi connectivity index (χ0v) is 20.0. The van der Waals surface area contributed by atoms with Gasteiger partial charge in [0.1, 0.15) is 6.10 Å². The van der Waals surface area contributed by atoms with Crippen molar-refractivity contribution in [2.45, 2.75) is 32.4 Å². The van der Waals surface area contributed by atoms with Crippen molar-refractivity contribution < 1.29 is 19.4 Å². The molecule has 3 aromatic rings. The van der Waals surface area contributed by atoms with Crippen LogP contribution in [-0.4, -0.2) is 68.8 Å². The predicted octanol–water partition coefficient (Wildman–Crippen LogP) is 1.78. The average molecular weight is 479 g/mol. The molecule has 0 aromatic carbocycles. The molecule has 1 saturated carbocycles. The molecule has 4 heterocycles. The molecule has 0 unspecified atom stereocenters. The van der Waals surface area contributed by atoms with Gasteiger partial charge in [-0.1, -0.05) is 6.92 Å². The molecule has 1 aliphatic carbocycles. The number of hydrogen-bond donors (Lipinski definition) is 3. The number of hydrogen-bond acceptors (Lipinski definition) is 7. The van der Waals surface area contributed by atoms with Crippen molar-refractivity contribution in [1.29, 1.82) is 0 Å². The van der Waals surface area contributed by atoms with Crippen LogP contribution in [0.4, 0.5) is 5.69 Å². The van der Waals surface area contributed by atoms with Crippen LogP contribution < -0.4 is 15.8 Å². The molecule has 2 aliphatic rings. The van der Waals surface area contributed by atoms with Crippen LogP contribution >= 0.6 is 0 Å². The number of fused-ring (bicyclic) bond motifs is 2. The molecular formula is C25H30N6O4. The normalized spacial score (nSPS) is 24.4. The van der Waals surface area contributed by atoms with Gasteiger partial charge in [-0.25, -0.2) is 9.50 Å². The Morgan fingerprint density at radius 3 is 2.69 bits per heavy atom. The number of aliphatic hydroxyl groups is 1. The Labute approximate surface area is 203 Å². The summed E-state index contributed by atoms with van der Waals surface area (Å²) in [4.78, 5) is 30.6. The predicted molar refractivity (Wildman–Crippen MR) is 130 cm³/mol. The highest BCUT2D eigenvalue weighted by Gasteiger charge is 2.47. The van der Waals surface area contributed by atoms with Crippen molar-refractivity contribution in [1.82, 2.24) is 19.5 Å². The Bertz CT molecular complexity index is 1270. The van der Waals surface area contributed by atoms with Crippen molar-refractivity contribution in [3.05, 3.63) is 42.4 Å². The number of nitrogens with zero attached hydrogens (tertiary/aromatic N) is 4. The number of carbonyl (C=O) groups is 2. The molecule has 184 valence electrons. The summed E-state index contributed by atoms with van der Waals surface area (Å²) in [6.45, 7) is 4.97. The van der Waals surface area contributed by atoms with Crippen molar-refractivity contribution in [3.8, 4) is 17.0 Å². The standard InChI is InChI=1S/C25H30N6O4/c1-13-19-12-30(25(34)14(2)32)10-17(19)6-20(13)29-23-18(24(26)33)9-28-31-11-16(7-21(23)31)15-4-5-22(35-3)27-8-15/h4-5,7-9,11,13-14,17,19-20,29,32H,6,10,12H2,1-3H3,(H2,26,33)/t13-,14-,17+,19-,20+/m0/s1. The van der Waals surface area contributed by atoms with Gasteiger partial charge < -0.3 is 25.8 Å². The van der Waals surface area contributed by atoms with Crippen molar-refractivity contribution >= 4 is 23.0 Å². The molecule has 10 heteroatoms. The zero-order valence-electron chi connectivity index (χ0n) is 20.0. The number of likely N-dealkylation sites (tertiary alicyclic amines) is 1. The number of nitrogens with one attached hydrogen (secondary N) is 1. The smallest absolute Gasteiger partial charge is 0.252 e. The van der Waals surface area contributed by atoms with Gasteiger partial charge in [0.2, 0.25) is 5.88 Å². The number of nitrogens with two attached hydrogens (primary N) is 1. The maximum absolute atomic E-state index is 12.3. The van der Waals surface area contributed by atoms with Gasteiger partial charge in [-0.3, -0.25) is 9.59 Å². The van der Waals surface area contributed by atoms with Gasteiger partial charge >= 0.3 is 0 Å². The summed E-state index contributed by atoms with van der Waals surface area (Å²) >= 11 is 0. The number of rotatable bonds is 6. The van der Waals surface area contributed by atoms with E-state index in [4.69, 9.17) is 10.5 Å². The first-order valence-electron chi connectivity index (χ1n) is 11.8. The van der Waals surface area contributed by atoms with E-state index in [2.05, 4.69) is 22.3 Å². The lowest BCUT2D eigenvalue weighted by Gasteiger charge is -2.26. The van der Waals surface area contributed by atoms with E-state index in [0.29, 0.717) is 42.1 Å². The van der Waals surface area contributed by atoms with E-state index < -0.39 is 12.0 Å². The first-order chi connectivity index (χ1) is 16.8. The lowest BCUT2D eigenvalue weighted by Crippen LogP contribution is -2.38. The van der Waals surface area contributed by atoms with Crippen LogP contribution in [0.15, 0.2) is 36.8 Å². The number of anilines is 1. The van der Waals surface area contributed by atoms with Gasteiger partial charge in [0.05, 0.1) is 30.1 Å². The fraction of sp³-hybridized carbons (Fsp3) is 0.440. The summed E-state index contributed by atoms with van der Waals surface area (Å²) < 4.78 is 6.88. The van der Waals surface area contributed by atoms with Gasteiger partial charge in [0.15, 0.2) is 0 Å². The molecule has 4 N–H and O–H groups in total. The number of amides is 2. The van der Waals surface area contributed by atoms with E-state index in [0.717, 1.165) is 23.1 Å². The molecule has 0 spiro atoms. The molecule has 0 radical (unpaired) electrons. The van der Waals surface area contributed by atoms with Gasteiger partial charge in [-0.15, -0.1) is 0 Å². The molecule has 2 fully saturated rings. The zero-order chi connectivity index (χ0) is 24.9. The summed E-state index contributed by atoms with van der Waals surface area (Å²) in [6.07, 6.45) is 5.00. The van der Waals surface area contributed by atoms with Crippen LogP contribution in [0, 0.1) is 17.8 Å². The van der Waals surface area contributed by atoms with Gasteiger partial charge in [-0.2, -0.15) is 5.10 Å². The number of carbonyl (C=O) groups excluding carboxylic acids is 2. The van der Waals surface area contributed by atoms with E-state index >= 15 is 0 Å². The number of aliphatic hydroxyl groups excluding tert-OH is 1. The molecular weight excluding hydrogens is 448 g/mol. The third-order valence-corrected chi connectivity index (χ3v) is 7.54. The summed E-state index contributed by atoms with van der Waals surface area (Å²) in [6, 6.07) is 5.79. The third kappa shape index (κ3) is 4.07. The monoisotopic (exact) mass is 478 g/mol. The summed E-state index contributed by atoms with van der Waals surface area (Å²) in [5.74, 6) is 0.711. The lowest BCUT2D eigenvalue weighted by atomic mass is 9.93. The van der Waals surface area contributed by atoms with E-state index in [1.165, 1.54) is 13.1 Å². The molecule has 5 atom stereocenters. The highest BCUT2D eigenvalue weighted by molar-refractivity contribution is 6.02. The minimum Gasteiger partial charge on any atom is -0.481 e. The number of pyridine rings is 1. The number of primary amides is 1. The second kappa shape index (κ2) is 8.84. The molecule has 0 bridgehead atoms. The quantitative estimate of drug-likeness (QED) is 0.491. The Hall–Kier alpha value is -3.66. The maximum atomic E-state index is 12.3. The lowest BCUT2D eigenvalue weighted by molar-refractivity contribution is -0.138. The van der Waals surface area contributed by atoms with Gasteiger partial charge in [-0.05, 0) is 43.2 Å². The first kappa shape index (κ1) is 23.1. The van der Waals surface area contributed by atoms with Crippen molar-refractivity contribution in [2.75, 3.05) is 25.5 Å². The molecule has 1 aliphatic heterocycles. The largest absolute Gasteiger partial charge is 0.481 e. The van der Waals surface area contributed by atoms with Crippen LogP contribution in [0.1, 0.15) is 30.6 Å². The molecule has 5 rings (SSSR count). The number of methoxy groups -OCH3 is 1. The van der Waals surface area contributed by atoms with Crippen LogP contribution in [-0.2, 0) is 4.79 Å². The average Bonchev–Trinajstić information content (AvgIpc) is 3.53. The minimum atomic E-state index is -0.981. The summed E-state index contributed by atoms with van der Waals surface area (Å²) in [5, 5.41) is 17.7. The third-order valence-electron chi connectivity index (χ3n) is 7.54. The van der Waals surface area contributed by atoms with Crippen molar-refractivity contribution in [3.63, 3.8) is 0 Å². The Balaban J connectivity index is 1.43. The van der Waals surface area contributed by atoms with E-state index in [-0.39, 0.29) is 17.9 Å². The SMILES string of the molecule is COc1ccc(-c2cc3c(N[C@@H]4C[C@@H]5CN(C(=O)[C@H](C)O)C[C@H]5[C@@H]4C)c(C(N)=O)cnn3c2)cn1. The molecule has 2 amide bonds. The fourth-order valence-corrected chi connectivity index (χ4v) is 5.63. The van der Waals surface area contributed by atoms with Crippen molar-refractivity contribution in [2.24, 2.45) is 23.5 Å².